The minimum absolute atomic E-state index is 0. The van der Waals surface area contributed by atoms with Crippen molar-refractivity contribution in [3.05, 3.63) is 0 Å². The van der Waals surface area contributed by atoms with Crippen molar-refractivity contribution in [3.8, 4) is 0 Å². The highest BCUT2D eigenvalue weighted by Gasteiger charge is 2.05. The molecule has 1 nitrogen and oxygen atoms in total. The van der Waals surface area contributed by atoms with Crippen molar-refractivity contribution >= 4 is 0 Å². The molecule has 0 atom stereocenters. The molecule has 0 radical (unpaired) electrons. The highest BCUT2D eigenvalue weighted by molar-refractivity contribution is 4.42. The van der Waals surface area contributed by atoms with Gasteiger partial charge in [-0.3, -0.25) is 0 Å². The molecule has 1 saturated heterocycles. The van der Waals surface area contributed by atoms with Crippen molar-refractivity contribution < 1.29 is 4.90 Å². The molecule has 8 heavy (non-hydrogen) atoms. The second kappa shape index (κ2) is 3.90. The van der Waals surface area contributed by atoms with Crippen molar-refractivity contribution in [2.24, 2.45) is 0 Å². The van der Waals surface area contributed by atoms with Crippen LogP contribution < -0.4 is 4.90 Å². The van der Waals surface area contributed by atoms with Gasteiger partial charge in [0.15, 0.2) is 0 Å². The van der Waals surface area contributed by atoms with Crippen LogP contribution in [0.3, 0.4) is 0 Å². The van der Waals surface area contributed by atoms with E-state index in [9.17, 15) is 0 Å². The summed E-state index contributed by atoms with van der Waals surface area (Å²) in [4.78, 5) is 1.71. The van der Waals surface area contributed by atoms with Gasteiger partial charge in [-0.1, -0.05) is 7.43 Å². The standard InChI is InChI=1S/C6H13N.CH4/c1-7-5-3-2-4-6-7;/h2-6H2,1H3;1H4/p+1. The largest absolute Gasteiger partial charge is 0.337 e. The lowest BCUT2D eigenvalue weighted by atomic mass is 10.1. The first kappa shape index (κ1) is 7.96. The first-order valence-corrected chi connectivity index (χ1v) is 3.21. The molecule has 0 amide bonds. The SMILES string of the molecule is C.C[NH+]1CCCCC1. The molecule has 0 unspecified atom stereocenters. The molecule has 0 spiro atoms. The predicted octanol–water partition coefficient (Wildman–Crippen LogP) is 0.321. The number of rotatable bonds is 0. The van der Waals surface area contributed by atoms with E-state index in [1.165, 1.54) is 32.4 Å². The van der Waals surface area contributed by atoms with E-state index in [-0.39, 0.29) is 7.43 Å². The first-order chi connectivity index (χ1) is 3.39. The molecule has 0 aliphatic carbocycles. The second-order valence-electron chi connectivity index (χ2n) is 2.52. The van der Waals surface area contributed by atoms with Crippen molar-refractivity contribution in [3.63, 3.8) is 0 Å². The average Bonchev–Trinajstić information content (AvgIpc) is 1.69. The molecule has 1 rings (SSSR count). The molecule has 0 aromatic rings. The molecule has 1 aliphatic heterocycles. The quantitative estimate of drug-likeness (QED) is 0.465. The highest BCUT2D eigenvalue weighted by atomic mass is 15.1. The van der Waals surface area contributed by atoms with Gasteiger partial charge in [-0.25, -0.2) is 0 Å². The minimum atomic E-state index is 0. The zero-order chi connectivity index (χ0) is 5.11. The number of hydrogen-bond acceptors (Lipinski definition) is 0. The third-order valence-electron chi connectivity index (χ3n) is 1.71. The van der Waals surface area contributed by atoms with Gasteiger partial charge in [0.25, 0.3) is 0 Å². The van der Waals surface area contributed by atoms with Gasteiger partial charge in [0.05, 0.1) is 20.1 Å². The zero-order valence-corrected chi connectivity index (χ0v) is 5.04. The van der Waals surface area contributed by atoms with Crippen molar-refractivity contribution in [2.45, 2.75) is 26.7 Å². The van der Waals surface area contributed by atoms with E-state index in [4.69, 9.17) is 0 Å². The van der Waals surface area contributed by atoms with Crippen LogP contribution >= 0.6 is 0 Å². The lowest BCUT2D eigenvalue weighted by Crippen LogP contribution is -3.09. The summed E-state index contributed by atoms with van der Waals surface area (Å²) < 4.78 is 0. The van der Waals surface area contributed by atoms with Gasteiger partial charge < -0.3 is 4.90 Å². The summed E-state index contributed by atoms with van der Waals surface area (Å²) in [6.07, 6.45) is 4.37. The van der Waals surface area contributed by atoms with E-state index in [0.29, 0.717) is 0 Å². The maximum atomic E-state index is 2.28. The molecule has 1 fully saturated rings. The lowest BCUT2D eigenvalue weighted by molar-refractivity contribution is -0.884. The Bertz CT molecular complexity index is 46.3. The normalized spacial score (nSPS) is 22.1. The van der Waals surface area contributed by atoms with Gasteiger partial charge in [0.1, 0.15) is 0 Å². The minimum Gasteiger partial charge on any atom is -0.337 e. The summed E-state index contributed by atoms with van der Waals surface area (Å²) in [7, 11) is 2.28. The first-order valence-electron chi connectivity index (χ1n) is 3.21. The van der Waals surface area contributed by atoms with Gasteiger partial charge in [-0.05, 0) is 19.3 Å². The molecular weight excluding hydrogens is 98.1 g/mol. The Morgan fingerprint density at radius 2 is 1.50 bits per heavy atom. The predicted molar refractivity (Wildman–Crippen MR) is 37.2 cm³/mol. The summed E-state index contributed by atoms with van der Waals surface area (Å²) in [5.41, 5.74) is 0. The number of hydrogen-bond donors (Lipinski definition) is 1. The third kappa shape index (κ3) is 2.31. The van der Waals surface area contributed by atoms with Crippen LogP contribution in [-0.4, -0.2) is 20.1 Å². The van der Waals surface area contributed by atoms with Crippen LogP contribution in [0.5, 0.6) is 0 Å². The third-order valence-corrected chi connectivity index (χ3v) is 1.71. The van der Waals surface area contributed by atoms with Gasteiger partial charge in [0, 0.05) is 0 Å². The topological polar surface area (TPSA) is 4.44 Å². The monoisotopic (exact) mass is 116 g/mol. The summed E-state index contributed by atoms with van der Waals surface area (Å²) in [5, 5.41) is 0. The summed E-state index contributed by atoms with van der Waals surface area (Å²) in [6, 6.07) is 0. The average molecular weight is 116 g/mol. The summed E-state index contributed by atoms with van der Waals surface area (Å²) in [5.74, 6) is 0. The molecule has 0 saturated carbocycles. The van der Waals surface area contributed by atoms with E-state index >= 15 is 0 Å². The molecule has 1 aliphatic rings. The van der Waals surface area contributed by atoms with Gasteiger partial charge >= 0.3 is 0 Å². The van der Waals surface area contributed by atoms with Crippen LogP contribution in [0.15, 0.2) is 0 Å². The molecular formula is C7H18N+. The van der Waals surface area contributed by atoms with Crippen LogP contribution in [0.1, 0.15) is 26.7 Å². The molecule has 1 heterocycles. The molecule has 1 heteroatoms. The molecule has 0 bridgehead atoms. The fourth-order valence-corrected chi connectivity index (χ4v) is 1.16. The fourth-order valence-electron chi connectivity index (χ4n) is 1.16. The second-order valence-corrected chi connectivity index (χ2v) is 2.52. The Labute approximate surface area is 52.7 Å². The lowest BCUT2D eigenvalue weighted by Gasteiger charge is -2.17. The van der Waals surface area contributed by atoms with Crippen LogP contribution in [0.2, 0.25) is 0 Å². The van der Waals surface area contributed by atoms with E-state index in [2.05, 4.69) is 7.05 Å². The van der Waals surface area contributed by atoms with Crippen molar-refractivity contribution in [1.82, 2.24) is 0 Å². The zero-order valence-electron chi connectivity index (χ0n) is 5.04. The van der Waals surface area contributed by atoms with E-state index in [1.807, 2.05) is 0 Å². The maximum Gasteiger partial charge on any atom is 0.0768 e. The number of nitrogens with one attached hydrogen (secondary N) is 1. The van der Waals surface area contributed by atoms with E-state index < -0.39 is 0 Å². The van der Waals surface area contributed by atoms with Crippen molar-refractivity contribution in [2.75, 3.05) is 20.1 Å². The van der Waals surface area contributed by atoms with Crippen LogP contribution in [0, 0.1) is 0 Å². The van der Waals surface area contributed by atoms with Crippen molar-refractivity contribution in [1.29, 1.82) is 0 Å². The Morgan fingerprint density at radius 3 is 1.75 bits per heavy atom. The van der Waals surface area contributed by atoms with Gasteiger partial charge in [0.2, 0.25) is 0 Å². The van der Waals surface area contributed by atoms with Gasteiger partial charge in [-0.2, -0.15) is 0 Å². The summed E-state index contributed by atoms with van der Waals surface area (Å²) in [6.45, 7) is 2.81. The maximum absolute atomic E-state index is 2.28. The molecule has 0 aromatic heterocycles. The van der Waals surface area contributed by atoms with E-state index in [1.54, 1.807) is 4.90 Å². The number of quaternary nitrogens is 1. The van der Waals surface area contributed by atoms with Crippen LogP contribution in [-0.2, 0) is 0 Å². The number of piperidine rings is 1. The fraction of sp³-hybridized carbons (Fsp3) is 1.00. The Balaban J connectivity index is 0.000000490. The Morgan fingerprint density at radius 1 is 1.00 bits per heavy atom. The Hall–Kier alpha value is -0.0400. The highest BCUT2D eigenvalue weighted by Crippen LogP contribution is 1.92. The van der Waals surface area contributed by atoms with Gasteiger partial charge in [-0.15, -0.1) is 0 Å². The van der Waals surface area contributed by atoms with Crippen LogP contribution in [0.25, 0.3) is 0 Å². The smallest absolute Gasteiger partial charge is 0.0768 e. The molecule has 0 aromatic carbocycles. The Kier molecular flexibility index (Phi) is 3.88. The van der Waals surface area contributed by atoms with E-state index in [0.717, 1.165) is 0 Å². The number of likely N-dealkylation sites (tertiary alicyclic amines) is 1. The summed E-state index contributed by atoms with van der Waals surface area (Å²) >= 11 is 0. The van der Waals surface area contributed by atoms with Crippen LogP contribution in [0.4, 0.5) is 0 Å². The molecule has 50 valence electrons. The molecule has 1 N–H and O–H groups in total.